The largest absolute Gasteiger partial charge is 0.470 e. The molecule has 2 fully saturated rings. The van der Waals surface area contributed by atoms with Crippen LogP contribution in [0.25, 0.3) is 0 Å². The van der Waals surface area contributed by atoms with Crippen LogP contribution in [0.5, 0.6) is 0 Å². The van der Waals surface area contributed by atoms with Crippen molar-refractivity contribution in [2.75, 3.05) is 13.2 Å². The van der Waals surface area contributed by atoms with Gasteiger partial charge in [0.1, 0.15) is 42.7 Å². The van der Waals surface area contributed by atoms with Crippen LogP contribution in [0.2, 0.25) is 0 Å². The normalized spacial score (nSPS) is 20.0. The lowest BCUT2D eigenvalue weighted by Crippen LogP contribution is -2.67. The number of hydrogen-bond acceptors (Lipinski definition) is 19. The molecule has 2 rings (SSSR count). The number of unbranched alkanes of at least 4 members (excludes halogenated alkanes) is 58. The van der Waals surface area contributed by atoms with Crippen LogP contribution in [-0.2, 0) is 71.0 Å². The Kier molecular flexibility index (Phi) is 77.4. The van der Waals surface area contributed by atoms with E-state index in [1.165, 1.54) is 205 Å². The number of phosphoric acid groups is 1. The predicted molar refractivity (Wildman–Crippen MR) is 510 cm³/mol. The molecule has 14 atom stereocenters. The molecule has 0 aromatic rings. The molecule has 8 N–H and O–H groups in total. The summed E-state index contributed by atoms with van der Waals surface area (Å²) in [6, 6.07) is -2.96. The molecule has 0 aromatic carbocycles. The van der Waals surface area contributed by atoms with Crippen molar-refractivity contribution in [2.45, 2.75) is 609 Å². The number of phosphoric ester groups is 1. The second-order valence-corrected chi connectivity index (χ2v) is 39.3. The Labute approximate surface area is 773 Å². The molecule has 2 aliphatic heterocycles. The zero-order valence-electron chi connectivity index (χ0n) is 82.1. The summed E-state index contributed by atoms with van der Waals surface area (Å²) in [5.41, 5.74) is 0. The molecule has 748 valence electrons. The van der Waals surface area contributed by atoms with E-state index in [1.807, 2.05) is 0 Å². The van der Waals surface area contributed by atoms with Crippen LogP contribution in [0.3, 0.4) is 0 Å². The van der Waals surface area contributed by atoms with Gasteiger partial charge in [-0.05, 0) is 58.3 Å². The summed E-state index contributed by atoms with van der Waals surface area (Å²) >= 11 is 0. The standard InChI is InChI=1S/C103H195N2O21P/c1-8-14-20-26-32-38-44-46-52-58-64-70-76-93(111)121-87(74-68-62-56-50-42-36-30-24-18-12-5)80-92(110)105-98-102(125-96(114)81-88(75-69-63-57-51-43-37-31-25-19-13-6)122-94(112)77-71-65-59-53-47-45-39-33-27-21-15-9-2)100(126-127(116,117)118)89(82-106)123-103(98)119-83-90-99(115)101(124-95(113)79-86(108)73-67-61-55-49-41-35-29-23-17-11-4)97(84(7)120-90)104-91(109)78-85(107)72-66-60-54-48-40-34-28-22-16-10-3/h84-90,97-103,106-108,115H,8-83H2,1-7H3,(H,104,109)(H,105,110)(H2,116,117,118)/t84?,85-,86-,87-,88-,89?,90?,97?,98?,99-,100-,101-,102-,103-/m1/s1. The molecule has 0 bridgehead atoms. The number of rotatable bonds is 90. The summed E-state index contributed by atoms with van der Waals surface area (Å²) in [4.78, 5) is 108. The highest BCUT2D eigenvalue weighted by Crippen LogP contribution is 2.43. The highest BCUT2D eigenvalue weighted by molar-refractivity contribution is 7.46. The van der Waals surface area contributed by atoms with Gasteiger partial charge in [0.05, 0.1) is 63.3 Å². The van der Waals surface area contributed by atoms with E-state index in [2.05, 4.69) is 52.2 Å². The molecule has 2 saturated heterocycles. The second kappa shape index (κ2) is 82.1. The van der Waals surface area contributed by atoms with Crippen LogP contribution >= 0.6 is 7.82 Å². The van der Waals surface area contributed by atoms with Gasteiger partial charge < -0.3 is 74.0 Å². The third-order valence-electron chi connectivity index (χ3n) is 25.9. The summed E-state index contributed by atoms with van der Waals surface area (Å²) in [6.45, 7) is 13.2. The number of nitrogens with one attached hydrogen (secondary N) is 2. The van der Waals surface area contributed by atoms with Gasteiger partial charge in [-0.3, -0.25) is 33.3 Å². The maximum absolute atomic E-state index is 15.2. The molecule has 0 radical (unpaired) electrons. The Morgan fingerprint density at radius 2 is 0.630 bits per heavy atom. The summed E-state index contributed by atoms with van der Waals surface area (Å²) in [5.74, 6) is -4.15. The lowest BCUT2D eigenvalue weighted by molar-refractivity contribution is -0.285. The Balaban J connectivity index is 2.73. The third-order valence-corrected chi connectivity index (χ3v) is 26.4. The minimum Gasteiger partial charge on any atom is -0.462 e. The summed E-state index contributed by atoms with van der Waals surface area (Å²) in [6.07, 6.45) is 52.0. The molecule has 5 unspecified atom stereocenters. The molecule has 23 nitrogen and oxygen atoms in total. The molecular weight excluding hydrogens is 1630 g/mol. The van der Waals surface area contributed by atoms with Crippen LogP contribution in [0.4, 0.5) is 0 Å². The van der Waals surface area contributed by atoms with Crippen LogP contribution in [0, 0.1) is 0 Å². The molecule has 0 aliphatic carbocycles. The molecule has 2 amide bonds. The van der Waals surface area contributed by atoms with Gasteiger partial charge in [-0.25, -0.2) is 4.57 Å². The molecule has 0 aromatic heterocycles. The van der Waals surface area contributed by atoms with Crippen molar-refractivity contribution in [3.8, 4) is 0 Å². The van der Waals surface area contributed by atoms with Gasteiger partial charge in [0.2, 0.25) is 11.8 Å². The van der Waals surface area contributed by atoms with E-state index in [-0.39, 0.29) is 19.3 Å². The number of amides is 2. The van der Waals surface area contributed by atoms with Crippen LogP contribution in [0.1, 0.15) is 524 Å². The van der Waals surface area contributed by atoms with E-state index >= 15 is 9.59 Å². The number of carbonyl (C=O) groups excluding carboxylic acids is 6. The predicted octanol–water partition coefficient (Wildman–Crippen LogP) is 24.7. The van der Waals surface area contributed by atoms with Gasteiger partial charge in [-0.2, -0.15) is 0 Å². The molecule has 2 heterocycles. The highest BCUT2D eigenvalue weighted by atomic mass is 31.2. The maximum Gasteiger partial charge on any atom is 0.470 e. The minimum atomic E-state index is -5.60. The van der Waals surface area contributed by atoms with E-state index in [0.29, 0.717) is 57.8 Å². The SMILES string of the molecule is CCCCCCCCCCCCCCC(=O)O[C@H](CCCCCCCCCCCC)CC(=O)NC1[C@H](OCC2OC(C)C(NC(=O)C[C@H](O)CCCCCCCCCCCC)[C@@H](OC(=O)C[C@H](O)CCCCCCCCCCCC)[C@@H]2O)OC(CO)[C@@H](OP(=O)(O)O)[C@@H]1OC(=O)C[C@@H](CCCCCCCCCCCC)OC(=O)CCCCCCCCCCCCCC. The fourth-order valence-corrected chi connectivity index (χ4v) is 18.6. The first kappa shape index (κ1) is 120. The molecular formula is C103H195N2O21P. The van der Waals surface area contributed by atoms with Gasteiger partial charge in [0.15, 0.2) is 18.5 Å². The van der Waals surface area contributed by atoms with Crippen LogP contribution in [0.15, 0.2) is 0 Å². The summed E-state index contributed by atoms with van der Waals surface area (Å²) < 4.78 is 63.1. The number of ether oxygens (including phenoxy) is 7. The summed E-state index contributed by atoms with van der Waals surface area (Å²) in [7, 11) is -5.60. The topological polar surface area (TPSA) is 339 Å². The Morgan fingerprint density at radius 3 is 0.976 bits per heavy atom. The first-order valence-corrected chi connectivity index (χ1v) is 54.8. The fraction of sp³-hybridized carbons (Fsp3) is 0.942. The number of esters is 4. The molecule has 2 aliphatic rings. The zero-order chi connectivity index (χ0) is 92.9. The lowest BCUT2D eigenvalue weighted by Gasteiger charge is -2.47. The van der Waals surface area contributed by atoms with Gasteiger partial charge in [-0.1, -0.05) is 427 Å². The monoisotopic (exact) mass is 1830 g/mol. The first-order chi connectivity index (χ1) is 61.6. The van der Waals surface area contributed by atoms with Gasteiger partial charge in [0, 0.05) is 12.8 Å². The minimum absolute atomic E-state index is 0.127. The van der Waals surface area contributed by atoms with E-state index in [0.717, 1.165) is 173 Å². The van der Waals surface area contributed by atoms with E-state index in [4.69, 9.17) is 37.7 Å². The van der Waals surface area contributed by atoms with E-state index in [1.54, 1.807) is 6.92 Å². The van der Waals surface area contributed by atoms with Crippen molar-refractivity contribution in [1.29, 1.82) is 0 Å². The molecule has 0 spiro atoms. The van der Waals surface area contributed by atoms with Crippen molar-refractivity contribution < 1.29 is 101 Å². The number of carbonyl (C=O) groups is 6. The number of aliphatic hydroxyl groups is 4. The number of aliphatic hydroxyl groups excluding tert-OH is 4. The van der Waals surface area contributed by atoms with Crippen molar-refractivity contribution in [1.82, 2.24) is 10.6 Å². The average Bonchev–Trinajstić information content (AvgIpc) is 0.779. The Bertz CT molecular complexity index is 2660. The number of hydrogen-bond donors (Lipinski definition) is 8. The Morgan fingerprint density at radius 1 is 0.339 bits per heavy atom. The van der Waals surface area contributed by atoms with Crippen molar-refractivity contribution in [3.05, 3.63) is 0 Å². The fourth-order valence-electron chi connectivity index (χ4n) is 18.0. The zero-order valence-corrected chi connectivity index (χ0v) is 83.0. The van der Waals surface area contributed by atoms with Crippen molar-refractivity contribution >= 4 is 43.5 Å². The summed E-state index contributed by atoms with van der Waals surface area (Å²) in [5, 5.41) is 52.1. The van der Waals surface area contributed by atoms with Gasteiger partial charge in [0.25, 0.3) is 0 Å². The smallest absolute Gasteiger partial charge is 0.462 e. The quantitative estimate of drug-likeness (QED) is 0.0121. The maximum atomic E-state index is 15.2. The van der Waals surface area contributed by atoms with E-state index < -0.39 is 162 Å². The Hall–Kier alpha value is -3.35. The van der Waals surface area contributed by atoms with Crippen LogP contribution in [-0.4, -0.2) is 165 Å². The average molecular weight is 1830 g/mol. The van der Waals surface area contributed by atoms with E-state index in [9.17, 15) is 54.0 Å². The molecule has 24 heteroatoms. The van der Waals surface area contributed by atoms with Gasteiger partial charge >= 0.3 is 31.7 Å². The second-order valence-electron chi connectivity index (χ2n) is 38.1. The van der Waals surface area contributed by atoms with Gasteiger partial charge in [-0.15, -0.1) is 0 Å². The van der Waals surface area contributed by atoms with Crippen molar-refractivity contribution in [3.63, 3.8) is 0 Å². The van der Waals surface area contributed by atoms with Crippen LogP contribution < -0.4 is 10.6 Å². The van der Waals surface area contributed by atoms with Crippen molar-refractivity contribution in [2.24, 2.45) is 0 Å². The third kappa shape index (κ3) is 65.9. The molecule has 127 heavy (non-hydrogen) atoms. The lowest BCUT2D eigenvalue weighted by atomic mass is 9.92. The first-order valence-electron chi connectivity index (χ1n) is 53.3. The highest BCUT2D eigenvalue weighted by Gasteiger charge is 2.54. The molecule has 0 saturated carbocycles.